The number of nitrogens with zero attached hydrogens (tertiary/aromatic N) is 3. The molecule has 3 heterocycles. The van der Waals surface area contributed by atoms with Crippen molar-refractivity contribution < 1.29 is 37.3 Å². The van der Waals surface area contributed by atoms with Crippen LogP contribution in [0, 0.1) is 6.92 Å². The van der Waals surface area contributed by atoms with Gasteiger partial charge in [-0.05, 0) is 36.5 Å². The number of benzene rings is 2. The monoisotopic (exact) mass is 636 g/mol. The Morgan fingerprint density at radius 1 is 1.07 bits per heavy atom. The topological polar surface area (TPSA) is 114 Å². The number of alkyl halides is 3. The average Bonchev–Trinajstić information content (AvgIpc) is 3.67. The van der Waals surface area contributed by atoms with Gasteiger partial charge in [0.15, 0.2) is 10.6 Å². The Bertz CT molecular complexity index is 1400. The molecule has 0 radical (unpaired) electrons. The number of amides is 2. The lowest BCUT2D eigenvalue weighted by atomic mass is 10.0. The van der Waals surface area contributed by atoms with Gasteiger partial charge in [0.25, 0.3) is 0 Å². The molecule has 0 spiro atoms. The van der Waals surface area contributed by atoms with Gasteiger partial charge in [-0.25, -0.2) is 0 Å². The van der Waals surface area contributed by atoms with Gasteiger partial charge in [-0.3, -0.25) is 9.59 Å². The van der Waals surface area contributed by atoms with Crippen LogP contribution in [0.3, 0.4) is 0 Å². The standard InChI is InChI=1S/C29H31F3N4O5S2/c1-17-34-35-28(43-17)42-16-22-13-24(20-8-6-19(15-37)7-9-20)41-26(40-22)21-10-4-18(5-11-21)14-33-25(38)23-3-2-12-36(23)27(39)29(30,31)32/h4-11,22-24,26,37H,2-3,12-16H2,1H3,(H,33,38). The molecular weight excluding hydrogens is 605 g/mol. The molecule has 2 fully saturated rings. The third-order valence-electron chi connectivity index (χ3n) is 7.29. The number of rotatable bonds is 9. The predicted molar refractivity (Wildman–Crippen MR) is 153 cm³/mol. The maximum Gasteiger partial charge on any atom is 0.471 e. The highest BCUT2D eigenvalue weighted by molar-refractivity contribution is 8.01. The van der Waals surface area contributed by atoms with Crippen molar-refractivity contribution in [3.8, 4) is 0 Å². The molecule has 9 nitrogen and oxygen atoms in total. The largest absolute Gasteiger partial charge is 0.471 e. The summed E-state index contributed by atoms with van der Waals surface area (Å²) in [4.78, 5) is 25.0. The van der Waals surface area contributed by atoms with Crippen LogP contribution in [0.15, 0.2) is 52.9 Å². The van der Waals surface area contributed by atoms with E-state index in [2.05, 4.69) is 15.5 Å². The number of nitrogens with one attached hydrogen (secondary N) is 1. The highest BCUT2D eigenvalue weighted by Gasteiger charge is 2.47. The summed E-state index contributed by atoms with van der Waals surface area (Å²) in [6.07, 6.45) is -4.93. The smallest absolute Gasteiger partial charge is 0.392 e. The van der Waals surface area contributed by atoms with E-state index in [-0.39, 0.29) is 38.3 Å². The first-order valence-electron chi connectivity index (χ1n) is 13.8. The number of thioether (sulfide) groups is 1. The van der Waals surface area contributed by atoms with Gasteiger partial charge < -0.3 is 24.8 Å². The van der Waals surface area contributed by atoms with Crippen LogP contribution in [0.5, 0.6) is 0 Å². The highest BCUT2D eigenvalue weighted by atomic mass is 32.2. The summed E-state index contributed by atoms with van der Waals surface area (Å²) in [5.41, 5.74) is 3.28. The Morgan fingerprint density at radius 3 is 2.42 bits per heavy atom. The molecule has 2 aliphatic heterocycles. The van der Waals surface area contributed by atoms with Gasteiger partial charge in [0, 0.05) is 30.8 Å². The molecule has 5 rings (SSSR count). The van der Waals surface area contributed by atoms with E-state index in [1.165, 1.54) is 11.3 Å². The molecule has 2 saturated heterocycles. The van der Waals surface area contributed by atoms with Crippen molar-refractivity contribution in [3.05, 3.63) is 75.8 Å². The van der Waals surface area contributed by atoms with Crippen LogP contribution in [-0.4, -0.2) is 62.6 Å². The SMILES string of the molecule is Cc1nnc(SCC2CC(c3ccc(CO)cc3)OC(c3ccc(CNC(=O)C4CCCN4C(=O)C(F)(F)F)cc3)O2)s1. The maximum absolute atomic E-state index is 12.9. The molecule has 2 N–H and O–H groups in total. The summed E-state index contributed by atoms with van der Waals surface area (Å²) in [6, 6.07) is 13.7. The summed E-state index contributed by atoms with van der Waals surface area (Å²) in [7, 11) is 0. The zero-order valence-electron chi connectivity index (χ0n) is 23.3. The first kappa shape index (κ1) is 31.4. The molecule has 4 unspecified atom stereocenters. The number of ether oxygens (including phenoxy) is 2. The molecule has 2 aliphatic rings. The minimum absolute atomic E-state index is 0.0462. The molecule has 3 aromatic rings. The second-order valence-corrected chi connectivity index (χ2v) is 12.8. The van der Waals surface area contributed by atoms with Crippen molar-refractivity contribution in [2.45, 2.75) is 74.4 Å². The van der Waals surface area contributed by atoms with Crippen molar-refractivity contribution in [2.75, 3.05) is 12.3 Å². The van der Waals surface area contributed by atoms with Crippen LogP contribution in [-0.2, 0) is 32.2 Å². The van der Waals surface area contributed by atoms with Crippen LogP contribution >= 0.6 is 23.1 Å². The van der Waals surface area contributed by atoms with E-state index in [1.54, 1.807) is 23.9 Å². The van der Waals surface area contributed by atoms with Crippen molar-refractivity contribution >= 4 is 34.9 Å². The summed E-state index contributed by atoms with van der Waals surface area (Å²) < 4.78 is 52.3. The minimum Gasteiger partial charge on any atom is -0.392 e. The van der Waals surface area contributed by atoms with E-state index < -0.39 is 30.3 Å². The Kier molecular flexibility index (Phi) is 10.0. The Balaban J connectivity index is 1.23. The lowest BCUT2D eigenvalue weighted by Crippen LogP contribution is -2.50. The van der Waals surface area contributed by atoms with Crippen LogP contribution < -0.4 is 5.32 Å². The van der Waals surface area contributed by atoms with Crippen molar-refractivity contribution in [2.24, 2.45) is 0 Å². The van der Waals surface area contributed by atoms with E-state index in [4.69, 9.17) is 9.47 Å². The highest BCUT2D eigenvalue weighted by Crippen LogP contribution is 2.39. The number of carbonyl (C=O) groups excluding carboxylic acids is 2. The minimum atomic E-state index is -5.02. The number of hydrogen-bond acceptors (Lipinski definition) is 9. The lowest BCUT2D eigenvalue weighted by Gasteiger charge is -2.36. The second kappa shape index (κ2) is 13.7. The molecule has 4 atom stereocenters. The van der Waals surface area contributed by atoms with Gasteiger partial charge in [0.05, 0.1) is 18.8 Å². The molecule has 230 valence electrons. The van der Waals surface area contributed by atoms with Crippen molar-refractivity contribution in [1.29, 1.82) is 0 Å². The van der Waals surface area contributed by atoms with Gasteiger partial charge in [-0.15, -0.1) is 10.2 Å². The van der Waals surface area contributed by atoms with Crippen LogP contribution in [0.4, 0.5) is 13.2 Å². The fourth-order valence-corrected chi connectivity index (χ4v) is 6.93. The Hall–Kier alpha value is -3.04. The third kappa shape index (κ3) is 7.92. The van der Waals surface area contributed by atoms with Gasteiger partial charge in [-0.1, -0.05) is 71.6 Å². The van der Waals surface area contributed by atoms with Gasteiger partial charge in [0.1, 0.15) is 11.0 Å². The van der Waals surface area contributed by atoms with Gasteiger partial charge >= 0.3 is 12.1 Å². The number of hydrogen-bond donors (Lipinski definition) is 2. The van der Waals surface area contributed by atoms with E-state index >= 15 is 0 Å². The van der Waals surface area contributed by atoms with Crippen molar-refractivity contribution in [3.63, 3.8) is 0 Å². The number of aromatic nitrogens is 2. The molecular formula is C29H31F3N4O5S2. The molecule has 0 aliphatic carbocycles. The number of carbonyl (C=O) groups is 2. The summed E-state index contributed by atoms with van der Waals surface area (Å²) >= 11 is 3.10. The fraction of sp³-hybridized carbons (Fsp3) is 0.448. The number of aliphatic hydroxyl groups excluding tert-OH is 1. The van der Waals surface area contributed by atoms with E-state index in [9.17, 15) is 27.9 Å². The number of aryl methyl sites for hydroxylation is 1. The quantitative estimate of drug-likeness (QED) is 0.321. The van der Waals surface area contributed by atoms with Crippen molar-refractivity contribution in [1.82, 2.24) is 20.4 Å². The van der Waals surface area contributed by atoms with E-state index in [1.807, 2.05) is 43.3 Å². The number of aliphatic hydroxyl groups is 1. The average molecular weight is 637 g/mol. The van der Waals surface area contributed by atoms with E-state index in [0.717, 1.165) is 31.6 Å². The van der Waals surface area contributed by atoms with Crippen LogP contribution in [0.25, 0.3) is 0 Å². The molecule has 0 saturated carbocycles. The zero-order chi connectivity index (χ0) is 30.6. The third-order valence-corrected chi connectivity index (χ3v) is 9.40. The van der Waals surface area contributed by atoms with Gasteiger partial charge in [0.2, 0.25) is 5.91 Å². The molecule has 0 bridgehead atoms. The first-order chi connectivity index (χ1) is 20.6. The predicted octanol–water partition coefficient (Wildman–Crippen LogP) is 4.85. The van der Waals surface area contributed by atoms with E-state index in [0.29, 0.717) is 23.5 Å². The number of likely N-dealkylation sites (tertiary alicyclic amines) is 1. The summed E-state index contributed by atoms with van der Waals surface area (Å²) in [5.74, 6) is -1.95. The van der Waals surface area contributed by atoms with Gasteiger partial charge in [-0.2, -0.15) is 13.2 Å². The first-order valence-corrected chi connectivity index (χ1v) is 15.6. The van der Waals surface area contributed by atoms with Crippen LogP contribution in [0.2, 0.25) is 0 Å². The molecule has 2 aromatic carbocycles. The Labute approximate surface area is 254 Å². The summed E-state index contributed by atoms with van der Waals surface area (Å²) in [6.45, 7) is 1.85. The molecule has 2 amide bonds. The maximum atomic E-state index is 12.9. The molecule has 14 heteroatoms. The molecule has 1 aromatic heterocycles. The molecule has 43 heavy (non-hydrogen) atoms. The number of halogens is 3. The lowest BCUT2D eigenvalue weighted by molar-refractivity contribution is -0.245. The summed E-state index contributed by atoms with van der Waals surface area (Å²) in [5, 5.41) is 21.2. The second-order valence-electron chi connectivity index (χ2n) is 10.4. The van der Waals surface area contributed by atoms with Crippen LogP contribution in [0.1, 0.15) is 58.9 Å². The Morgan fingerprint density at radius 2 is 1.77 bits per heavy atom. The zero-order valence-corrected chi connectivity index (χ0v) is 24.9. The fourth-order valence-electron chi connectivity index (χ4n) is 5.07. The normalized spacial score (nSPS) is 22.5.